The maximum atomic E-state index is 13.3. The molecule has 0 radical (unpaired) electrons. The number of nitrogens with zero attached hydrogens (tertiary/aromatic N) is 3. The number of para-hydroxylation sites is 2. The molecule has 146 valence electrons. The summed E-state index contributed by atoms with van der Waals surface area (Å²) in [6, 6.07) is 20.8. The van der Waals surface area contributed by atoms with Gasteiger partial charge >= 0.3 is 0 Å². The molecule has 7 heteroatoms. The first-order valence-electron chi connectivity index (χ1n) is 9.26. The van der Waals surface area contributed by atoms with Gasteiger partial charge in [0.15, 0.2) is 0 Å². The van der Waals surface area contributed by atoms with Crippen molar-refractivity contribution in [2.45, 2.75) is 0 Å². The summed E-state index contributed by atoms with van der Waals surface area (Å²) >= 11 is 5.99. The number of imidazole rings is 1. The molecule has 0 N–H and O–H groups in total. The summed E-state index contributed by atoms with van der Waals surface area (Å²) in [6.07, 6.45) is 0. The summed E-state index contributed by atoms with van der Waals surface area (Å²) < 4.78 is 1.45. The van der Waals surface area contributed by atoms with E-state index in [2.05, 4.69) is 4.98 Å². The number of hydrogen-bond acceptors (Lipinski definition) is 4. The highest BCUT2D eigenvalue weighted by atomic mass is 35.5. The second-order valence-electron chi connectivity index (χ2n) is 6.90. The monoisotopic (exact) mass is 415 g/mol. The molecule has 1 aliphatic rings. The summed E-state index contributed by atoms with van der Waals surface area (Å²) in [7, 11) is 0. The van der Waals surface area contributed by atoms with Crippen molar-refractivity contribution in [2.75, 3.05) is 6.54 Å². The van der Waals surface area contributed by atoms with Gasteiger partial charge in [-0.1, -0.05) is 35.9 Å². The summed E-state index contributed by atoms with van der Waals surface area (Å²) in [5.74, 6) is -0.944. The van der Waals surface area contributed by atoms with Gasteiger partial charge in [0.25, 0.3) is 17.7 Å². The van der Waals surface area contributed by atoms with Gasteiger partial charge < -0.3 is 0 Å². The van der Waals surface area contributed by atoms with Crippen LogP contribution >= 0.6 is 11.6 Å². The maximum Gasteiger partial charge on any atom is 0.262 e. The van der Waals surface area contributed by atoms with E-state index in [1.165, 1.54) is 4.57 Å². The zero-order valence-electron chi connectivity index (χ0n) is 15.6. The molecule has 1 aromatic heterocycles. The van der Waals surface area contributed by atoms with Crippen LogP contribution < -0.4 is 0 Å². The molecule has 0 bridgehead atoms. The largest absolute Gasteiger partial charge is 0.272 e. The Hall–Kier alpha value is -3.77. The molecule has 0 aliphatic carbocycles. The Kier molecular flexibility index (Phi) is 4.22. The number of hydrogen-bond donors (Lipinski definition) is 0. The van der Waals surface area contributed by atoms with Crippen LogP contribution in [0.3, 0.4) is 0 Å². The van der Waals surface area contributed by atoms with E-state index in [4.69, 9.17) is 11.6 Å². The molecular weight excluding hydrogens is 402 g/mol. The molecule has 0 fully saturated rings. The van der Waals surface area contributed by atoms with Crippen LogP contribution in [-0.4, -0.2) is 38.7 Å². The highest BCUT2D eigenvalue weighted by Gasteiger charge is 2.37. The average Bonchev–Trinajstić information content (AvgIpc) is 3.26. The minimum atomic E-state index is -0.471. The maximum absolute atomic E-state index is 13.3. The van der Waals surface area contributed by atoms with Crippen molar-refractivity contribution >= 4 is 40.4 Å². The van der Waals surface area contributed by atoms with Crippen molar-refractivity contribution in [3.8, 4) is 11.4 Å². The van der Waals surface area contributed by atoms with E-state index in [-0.39, 0.29) is 6.54 Å². The van der Waals surface area contributed by atoms with Crippen molar-refractivity contribution in [3.05, 3.63) is 88.9 Å². The summed E-state index contributed by atoms with van der Waals surface area (Å²) in [5, 5.41) is 0.568. The molecule has 0 saturated heterocycles. The molecule has 0 saturated carbocycles. The Balaban J connectivity index is 1.57. The number of halogens is 1. The first-order valence-corrected chi connectivity index (χ1v) is 9.64. The first kappa shape index (κ1) is 18.3. The number of benzene rings is 3. The first-order chi connectivity index (χ1) is 14.5. The predicted molar refractivity (Wildman–Crippen MR) is 113 cm³/mol. The van der Waals surface area contributed by atoms with E-state index in [1.54, 1.807) is 66.7 Å². The van der Waals surface area contributed by atoms with Gasteiger partial charge in [-0.05, 0) is 48.5 Å². The van der Waals surface area contributed by atoms with E-state index in [0.717, 1.165) is 4.90 Å². The van der Waals surface area contributed by atoms with Gasteiger partial charge in [-0.3, -0.25) is 23.9 Å². The lowest BCUT2D eigenvalue weighted by atomic mass is 10.1. The highest BCUT2D eigenvalue weighted by molar-refractivity contribution is 6.30. The predicted octanol–water partition coefficient (Wildman–Crippen LogP) is 4.29. The minimum absolute atomic E-state index is 0.309. The van der Waals surface area contributed by atoms with Gasteiger partial charge in [0.2, 0.25) is 0 Å². The molecule has 4 aromatic rings. The van der Waals surface area contributed by atoms with Crippen LogP contribution in [0.1, 0.15) is 25.5 Å². The molecule has 0 atom stereocenters. The van der Waals surface area contributed by atoms with Gasteiger partial charge in [0.1, 0.15) is 12.4 Å². The van der Waals surface area contributed by atoms with E-state index >= 15 is 0 Å². The Morgan fingerprint density at radius 1 is 0.833 bits per heavy atom. The fourth-order valence-corrected chi connectivity index (χ4v) is 3.79. The Morgan fingerprint density at radius 2 is 1.43 bits per heavy atom. The third kappa shape index (κ3) is 2.81. The normalized spacial score (nSPS) is 13.2. The summed E-state index contributed by atoms with van der Waals surface area (Å²) in [5.41, 5.74) is 2.56. The van der Waals surface area contributed by atoms with Crippen LogP contribution in [0.5, 0.6) is 0 Å². The van der Waals surface area contributed by atoms with Crippen molar-refractivity contribution in [1.82, 2.24) is 14.5 Å². The lowest BCUT2D eigenvalue weighted by Gasteiger charge is -2.15. The summed E-state index contributed by atoms with van der Waals surface area (Å²) in [6.45, 7) is -0.382. The van der Waals surface area contributed by atoms with Gasteiger partial charge in [-0.2, -0.15) is 0 Å². The van der Waals surface area contributed by atoms with Gasteiger partial charge in [0.05, 0.1) is 22.2 Å². The second-order valence-corrected chi connectivity index (χ2v) is 7.34. The van der Waals surface area contributed by atoms with Crippen LogP contribution in [0.2, 0.25) is 5.02 Å². The van der Waals surface area contributed by atoms with Crippen LogP contribution in [0.25, 0.3) is 22.4 Å². The Bertz CT molecular complexity index is 1310. The topological polar surface area (TPSA) is 72.3 Å². The number of carbonyl (C=O) groups is 3. The Labute approximate surface area is 176 Å². The van der Waals surface area contributed by atoms with Gasteiger partial charge in [-0.15, -0.1) is 0 Å². The number of imide groups is 1. The van der Waals surface area contributed by atoms with E-state index in [9.17, 15) is 14.4 Å². The molecule has 30 heavy (non-hydrogen) atoms. The fourth-order valence-electron chi connectivity index (χ4n) is 3.66. The molecule has 6 nitrogen and oxygen atoms in total. The number of amides is 2. The lowest BCUT2D eigenvalue weighted by Crippen LogP contribution is -2.37. The number of carbonyl (C=O) groups excluding carboxylic acids is 3. The van der Waals surface area contributed by atoms with E-state index in [0.29, 0.717) is 38.6 Å². The molecule has 1 aliphatic heterocycles. The quantitative estimate of drug-likeness (QED) is 0.468. The van der Waals surface area contributed by atoms with Crippen molar-refractivity contribution in [3.63, 3.8) is 0 Å². The highest BCUT2D eigenvalue weighted by Crippen LogP contribution is 2.27. The molecule has 0 unspecified atom stereocenters. The van der Waals surface area contributed by atoms with Crippen LogP contribution in [0, 0.1) is 0 Å². The number of rotatable bonds is 3. The van der Waals surface area contributed by atoms with Crippen molar-refractivity contribution in [1.29, 1.82) is 0 Å². The molecular formula is C23H14ClN3O3. The fraction of sp³-hybridized carbons (Fsp3) is 0.0435. The molecule has 2 heterocycles. The lowest BCUT2D eigenvalue weighted by molar-refractivity contribution is 0.0607. The molecule has 3 aromatic carbocycles. The number of aromatic nitrogens is 2. The standard InChI is InChI=1S/C23H14ClN3O3/c24-15-11-9-14(10-12-15)21-25-18-7-3-4-8-19(18)27(21)20(28)13-26-22(29)16-5-1-2-6-17(16)23(26)30/h1-12H,13H2. The zero-order valence-corrected chi connectivity index (χ0v) is 16.3. The van der Waals surface area contributed by atoms with Crippen molar-refractivity contribution < 1.29 is 14.4 Å². The van der Waals surface area contributed by atoms with Crippen LogP contribution in [0.4, 0.5) is 0 Å². The van der Waals surface area contributed by atoms with E-state index in [1.807, 2.05) is 6.07 Å². The third-order valence-electron chi connectivity index (χ3n) is 5.08. The van der Waals surface area contributed by atoms with Crippen molar-refractivity contribution in [2.24, 2.45) is 0 Å². The zero-order chi connectivity index (χ0) is 20.8. The van der Waals surface area contributed by atoms with E-state index < -0.39 is 17.7 Å². The smallest absolute Gasteiger partial charge is 0.262 e. The SMILES string of the molecule is O=C1c2ccccc2C(=O)N1CC(=O)n1c(-c2ccc(Cl)cc2)nc2ccccc21. The molecule has 5 rings (SSSR count). The summed E-state index contributed by atoms with van der Waals surface area (Å²) in [4.78, 5) is 44.3. The molecule has 0 spiro atoms. The average molecular weight is 416 g/mol. The minimum Gasteiger partial charge on any atom is -0.272 e. The molecule has 2 amide bonds. The Morgan fingerprint density at radius 3 is 2.10 bits per heavy atom. The van der Waals surface area contributed by atoms with Crippen LogP contribution in [0.15, 0.2) is 72.8 Å². The third-order valence-corrected chi connectivity index (χ3v) is 5.34. The van der Waals surface area contributed by atoms with Gasteiger partial charge in [-0.25, -0.2) is 4.98 Å². The number of fused-ring (bicyclic) bond motifs is 2. The second kappa shape index (κ2) is 6.93. The van der Waals surface area contributed by atoms with Gasteiger partial charge in [0, 0.05) is 10.6 Å². The van der Waals surface area contributed by atoms with Crippen LogP contribution in [-0.2, 0) is 0 Å².